The second kappa shape index (κ2) is 14.0. The number of nitrogens with two attached hydrogens (primary N) is 1. The summed E-state index contributed by atoms with van der Waals surface area (Å²) in [6.07, 6.45) is 2.02. The molecule has 1 aromatic heterocycles. The van der Waals surface area contributed by atoms with Crippen LogP contribution in [0.25, 0.3) is 0 Å². The first-order valence-electron chi connectivity index (χ1n) is 10.9. The van der Waals surface area contributed by atoms with E-state index in [-0.39, 0.29) is 30.6 Å². The van der Waals surface area contributed by atoms with Gasteiger partial charge in [-0.3, -0.25) is 9.36 Å². The summed E-state index contributed by atoms with van der Waals surface area (Å²) < 4.78 is 24.5. The van der Waals surface area contributed by atoms with Crippen molar-refractivity contribution in [2.24, 2.45) is 0 Å². The molecule has 0 bridgehead atoms. The average Bonchev–Trinajstić information content (AvgIpc) is 3.27. The van der Waals surface area contributed by atoms with Gasteiger partial charge < -0.3 is 29.4 Å². The predicted octanol–water partition coefficient (Wildman–Crippen LogP) is 2.36. The molecule has 3 rings (SSSR count). The van der Waals surface area contributed by atoms with Crippen molar-refractivity contribution in [1.82, 2.24) is 14.6 Å². The summed E-state index contributed by atoms with van der Waals surface area (Å²) in [7, 11) is -0.657. The molecule has 11 nitrogen and oxygen atoms in total. The molecule has 1 aromatic carbocycles. The molecule has 34 heavy (non-hydrogen) atoms. The smallest absolute Gasteiger partial charge is 0.351 e. The standard InChI is InChI=1S/C21H29N4O6P.CH4O/c1-14(2)29-20(26)15(3)24-32(31-16-7-5-4-6-8-16)28-13-17-9-10-19(30-17)25-12-11-18(22)23-21(25)27;1-2/h4-8,11-12,14-15,17,19,24H,9-10,13H2,1-3H3,(H2,22,23,27);2H,1H3/t15-,17+,19?,32?;/m1./s1. The number of hydrogen-bond donors (Lipinski definition) is 3. The van der Waals surface area contributed by atoms with Crippen LogP contribution in [0, 0.1) is 0 Å². The number of nitrogens with one attached hydrogen (secondary N) is 1. The Morgan fingerprint density at radius 2 is 1.97 bits per heavy atom. The molecule has 12 heteroatoms. The molecule has 2 aromatic rings. The van der Waals surface area contributed by atoms with Crippen LogP contribution in [0.1, 0.15) is 39.8 Å². The van der Waals surface area contributed by atoms with Gasteiger partial charge in [0.25, 0.3) is 0 Å². The van der Waals surface area contributed by atoms with Crippen LogP contribution in [0.2, 0.25) is 0 Å². The van der Waals surface area contributed by atoms with Crippen molar-refractivity contribution in [2.75, 3.05) is 19.5 Å². The van der Waals surface area contributed by atoms with Gasteiger partial charge in [0.1, 0.15) is 23.8 Å². The van der Waals surface area contributed by atoms with Crippen molar-refractivity contribution >= 4 is 20.3 Å². The Balaban J connectivity index is 0.00000199. The number of anilines is 1. The van der Waals surface area contributed by atoms with E-state index in [1.165, 1.54) is 4.57 Å². The number of carbonyl (C=O) groups excluding carboxylic acids is 1. The molecule has 188 valence electrons. The zero-order chi connectivity index (χ0) is 25.1. The van der Waals surface area contributed by atoms with Crippen LogP contribution in [0.5, 0.6) is 5.75 Å². The van der Waals surface area contributed by atoms with Crippen LogP contribution in [0.3, 0.4) is 0 Å². The van der Waals surface area contributed by atoms with Crippen molar-refractivity contribution in [3.63, 3.8) is 0 Å². The number of esters is 1. The maximum Gasteiger partial charge on any atom is 0.351 e. The summed E-state index contributed by atoms with van der Waals surface area (Å²) in [5, 5.41) is 10.1. The number of nitrogen functional groups attached to an aromatic ring is 1. The van der Waals surface area contributed by atoms with E-state index in [9.17, 15) is 9.59 Å². The van der Waals surface area contributed by atoms with E-state index in [1.807, 2.05) is 18.2 Å². The fraction of sp³-hybridized carbons (Fsp3) is 0.500. The van der Waals surface area contributed by atoms with Crippen molar-refractivity contribution < 1.29 is 28.4 Å². The maximum absolute atomic E-state index is 12.2. The van der Waals surface area contributed by atoms with Gasteiger partial charge in [0.05, 0.1) is 18.8 Å². The van der Waals surface area contributed by atoms with Gasteiger partial charge >= 0.3 is 20.2 Å². The molecule has 0 radical (unpaired) electrons. The zero-order valence-electron chi connectivity index (χ0n) is 19.8. The second-order valence-corrected chi connectivity index (χ2v) is 8.84. The normalized spacial score (nSPS) is 19.1. The van der Waals surface area contributed by atoms with Gasteiger partial charge in [0.15, 0.2) is 0 Å². The number of nitrogens with zero attached hydrogens (tertiary/aromatic N) is 2. The molecular formula is C22H33N4O7P. The van der Waals surface area contributed by atoms with Gasteiger partial charge in [-0.05, 0) is 51.8 Å². The van der Waals surface area contributed by atoms with Crippen LogP contribution >= 0.6 is 8.53 Å². The quantitative estimate of drug-likeness (QED) is 0.331. The lowest BCUT2D eigenvalue weighted by atomic mass is 10.2. The summed E-state index contributed by atoms with van der Waals surface area (Å²) in [5.74, 6) is 0.393. The molecule has 2 heterocycles. The van der Waals surface area contributed by atoms with Crippen LogP contribution in [0.4, 0.5) is 5.82 Å². The third-order valence-corrected chi connectivity index (χ3v) is 5.92. The molecule has 1 aliphatic heterocycles. The minimum Gasteiger partial charge on any atom is -0.462 e. The fourth-order valence-corrected chi connectivity index (χ4v) is 4.24. The molecule has 4 N–H and O–H groups in total. The summed E-state index contributed by atoms with van der Waals surface area (Å²) in [5.41, 5.74) is 5.09. The summed E-state index contributed by atoms with van der Waals surface area (Å²) in [4.78, 5) is 28.0. The van der Waals surface area contributed by atoms with Gasteiger partial charge in [0, 0.05) is 13.3 Å². The monoisotopic (exact) mass is 496 g/mol. The van der Waals surface area contributed by atoms with Crippen molar-refractivity contribution in [3.8, 4) is 5.75 Å². The lowest BCUT2D eigenvalue weighted by molar-refractivity contribution is -0.149. The number of aliphatic hydroxyl groups excluding tert-OH is 1. The topological polar surface area (TPSA) is 147 Å². The number of rotatable bonds is 10. The fourth-order valence-electron chi connectivity index (χ4n) is 3.02. The largest absolute Gasteiger partial charge is 0.462 e. The van der Waals surface area contributed by atoms with E-state index in [0.29, 0.717) is 18.6 Å². The first kappa shape index (κ1) is 27.7. The Morgan fingerprint density at radius 3 is 2.62 bits per heavy atom. The van der Waals surface area contributed by atoms with Gasteiger partial charge in [0.2, 0.25) is 0 Å². The number of benzene rings is 1. The molecule has 0 aliphatic carbocycles. The summed E-state index contributed by atoms with van der Waals surface area (Å²) in [6, 6.07) is 10.1. The average molecular weight is 497 g/mol. The van der Waals surface area contributed by atoms with E-state index >= 15 is 0 Å². The molecule has 2 unspecified atom stereocenters. The Morgan fingerprint density at radius 1 is 1.26 bits per heavy atom. The first-order chi connectivity index (χ1) is 16.3. The van der Waals surface area contributed by atoms with Crippen molar-refractivity contribution in [1.29, 1.82) is 0 Å². The van der Waals surface area contributed by atoms with Crippen LogP contribution in [-0.4, -0.2) is 52.6 Å². The zero-order valence-corrected chi connectivity index (χ0v) is 20.7. The number of aromatic nitrogens is 2. The summed E-state index contributed by atoms with van der Waals surface area (Å²) >= 11 is 0. The third kappa shape index (κ3) is 8.66. The maximum atomic E-state index is 12.2. The van der Waals surface area contributed by atoms with E-state index in [0.717, 1.165) is 7.11 Å². The number of hydrogen-bond acceptors (Lipinski definition) is 10. The minimum absolute atomic E-state index is 0.170. The van der Waals surface area contributed by atoms with Crippen molar-refractivity contribution in [2.45, 2.75) is 58.1 Å². The highest BCUT2D eigenvalue weighted by atomic mass is 31.2. The molecule has 0 saturated carbocycles. The first-order valence-corrected chi connectivity index (χ1v) is 12.1. The highest BCUT2D eigenvalue weighted by Gasteiger charge is 2.30. The van der Waals surface area contributed by atoms with Gasteiger partial charge in [-0.25, -0.2) is 9.88 Å². The van der Waals surface area contributed by atoms with Crippen LogP contribution < -0.4 is 21.0 Å². The lowest BCUT2D eigenvalue weighted by Crippen LogP contribution is -2.35. The highest BCUT2D eigenvalue weighted by molar-refractivity contribution is 7.45. The SMILES string of the molecule is CC(C)OC(=O)[C@@H](C)NP(OC[C@@H]1CCC(n2ccc(N)nc2=O)O1)Oc1ccccc1.CO. The molecule has 1 aliphatic rings. The van der Waals surface area contributed by atoms with Gasteiger partial charge in [-0.15, -0.1) is 0 Å². The van der Waals surface area contributed by atoms with E-state index in [1.54, 1.807) is 45.2 Å². The number of ether oxygens (including phenoxy) is 2. The Bertz CT molecular complexity index is 944. The molecule has 0 spiro atoms. The molecule has 4 atom stereocenters. The number of para-hydroxylation sites is 1. The Hall–Kier alpha value is -2.56. The van der Waals surface area contributed by atoms with Crippen molar-refractivity contribution in [3.05, 3.63) is 53.1 Å². The molecule has 0 amide bonds. The van der Waals surface area contributed by atoms with Crippen LogP contribution in [0.15, 0.2) is 47.4 Å². The highest BCUT2D eigenvalue weighted by Crippen LogP contribution is 2.38. The molecular weight excluding hydrogens is 463 g/mol. The van der Waals surface area contributed by atoms with Crippen LogP contribution in [-0.2, 0) is 18.8 Å². The minimum atomic E-state index is -1.66. The van der Waals surface area contributed by atoms with E-state index < -0.39 is 26.5 Å². The number of carbonyl (C=O) groups is 1. The van der Waals surface area contributed by atoms with E-state index in [4.69, 9.17) is 29.4 Å². The Kier molecular flexibility index (Phi) is 11.4. The molecule has 1 saturated heterocycles. The summed E-state index contributed by atoms with van der Waals surface area (Å²) in [6.45, 7) is 5.51. The van der Waals surface area contributed by atoms with Gasteiger partial charge in [-0.2, -0.15) is 4.98 Å². The van der Waals surface area contributed by atoms with Gasteiger partial charge in [-0.1, -0.05) is 18.2 Å². The predicted molar refractivity (Wildman–Crippen MR) is 128 cm³/mol. The van der Waals surface area contributed by atoms with E-state index in [2.05, 4.69) is 10.1 Å². The second-order valence-electron chi connectivity index (χ2n) is 7.63. The molecule has 1 fully saturated rings. The number of aliphatic hydroxyl groups is 1. The lowest BCUT2D eigenvalue weighted by Gasteiger charge is -2.23. The Labute approximate surface area is 200 Å². The third-order valence-electron chi connectivity index (χ3n) is 4.56.